The van der Waals surface area contributed by atoms with Crippen LogP contribution in [0.25, 0.3) is 11.0 Å². The van der Waals surface area contributed by atoms with E-state index in [0.29, 0.717) is 10.0 Å². The Bertz CT molecular complexity index is 1120. The van der Waals surface area contributed by atoms with Crippen LogP contribution in [-0.2, 0) is 0 Å². The number of imidazole rings is 1. The lowest BCUT2D eigenvalue weighted by molar-refractivity contribution is 0.477. The van der Waals surface area contributed by atoms with Crippen molar-refractivity contribution in [2.75, 3.05) is 5.32 Å². The van der Waals surface area contributed by atoms with E-state index in [0.717, 1.165) is 29.0 Å². The fraction of sp³-hybridized carbons (Fsp3) is 0.136. The van der Waals surface area contributed by atoms with Gasteiger partial charge in [-0.3, -0.25) is 0 Å². The molecule has 0 fully saturated rings. The molecule has 0 saturated heterocycles. The lowest BCUT2D eigenvalue weighted by atomic mass is 9.93. The summed E-state index contributed by atoms with van der Waals surface area (Å²) in [5.41, 5.74) is 4.52. The van der Waals surface area contributed by atoms with E-state index in [1.165, 1.54) is 5.56 Å². The minimum Gasteiger partial charge on any atom is -0.349 e. The minimum atomic E-state index is 0.106. The van der Waals surface area contributed by atoms with Crippen LogP contribution in [0.1, 0.15) is 29.6 Å². The van der Waals surface area contributed by atoms with E-state index < -0.39 is 0 Å². The molecule has 0 spiro atoms. The third-order valence-electron chi connectivity index (χ3n) is 5.20. The van der Waals surface area contributed by atoms with E-state index in [4.69, 9.17) is 28.2 Å². The van der Waals surface area contributed by atoms with Crippen molar-refractivity contribution < 1.29 is 0 Å². The van der Waals surface area contributed by atoms with Crippen LogP contribution in [-0.4, -0.2) is 9.55 Å². The Balaban J connectivity index is 1.66. The van der Waals surface area contributed by atoms with Gasteiger partial charge in [0.1, 0.15) is 0 Å². The Morgan fingerprint density at radius 3 is 2.44 bits per heavy atom. The second-order valence-corrected chi connectivity index (χ2v) is 7.64. The van der Waals surface area contributed by atoms with Crippen molar-refractivity contribution in [3.05, 3.63) is 94.0 Å². The van der Waals surface area contributed by atoms with Gasteiger partial charge in [-0.25, -0.2) is 4.98 Å². The third kappa shape index (κ3) is 2.88. The molecule has 1 aromatic heterocycles. The normalized spacial score (nSPS) is 18.9. The van der Waals surface area contributed by atoms with Crippen LogP contribution < -0.4 is 5.32 Å². The number of aromatic nitrogens is 2. The van der Waals surface area contributed by atoms with Gasteiger partial charge < -0.3 is 9.88 Å². The van der Waals surface area contributed by atoms with Crippen LogP contribution in [0, 0.1) is 0 Å². The molecule has 2 heterocycles. The van der Waals surface area contributed by atoms with Crippen LogP contribution in [0.5, 0.6) is 0 Å². The molecule has 2 atom stereocenters. The number of para-hydroxylation sites is 2. The SMILES string of the molecule is Clc1ccc(C2CC(c3ccccc3)n3c(nc4ccccc43)N2)cc1Cl. The number of hydrogen-bond donors (Lipinski definition) is 1. The third-order valence-corrected chi connectivity index (χ3v) is 5.94. The molecule has 3 nitrogen and oxygen atoms in total. The topological polar surface area (TPSA) is 29.9 Å². The van der Waals surface area contributed by atoms with Crippen molar-refractivity contribution in [2.45, 2.75) is 18.5 Å². The van der Waals surface area contributed by atoms with E-state index in [1.807, 2.05) is 30.3 Å². The second-order valence-electron chi connectivity index (χ2n) is 6.83. The van der Waals surface area contributed by atoms with Gasteiger partial charge in [-0.15, -0.1) is 0 Å². The monoisotopic (exact) mass is 393 g/mol. The second kappa shape index (κ2) is 6.59. The molecule has 1 aliphatic rings. The summed E-state index contributed by atoms with van der Waals surface area (Å²) < 4.78 is 2.30. The molecule has 134 valence electrons. The van der Waals surface area contributed by atoms with E-state index in [9.17, 15) is 0 Å². The number of nitrogens with one attached hydrogen (secondary N) is 1. The van der Waals surface area contributed by atoms with Crippen molar-refractivity contribution in [1.29, 1.82) is 0 Å². The summed E-state index contributed by atoms with van der Waals surface area (Å²) in [6.07, 6.45) is 0.898. The lowest BCUT2D eigenvalue weighted by Crippen LogP contribution is -2.27. The number of anilines is 1. The van der Waals surface area contributed by atoms with Gasteiger partial charge in [0.25, 0.3) is 0 Å². The zero-order valence-electron chi connectivity index (χ0n) is 14.4. The van der Waals surface area contributed by atoms with Gasteiger partial charge in [-0.05, 0) is 41.8 Å². The Labute approximate surface area is 167 Å². The molecule has 1 aliphatic heterocycles. The molecule has 4 aromatic rings. The number of hydrogen-bond acceptors (Lipinski definition) is 2. The molecule has 3 aromatic carbocycles. The van der Waals surface area contributed by atoms with E-state index >= 15 is 0 Å². The number of halogens is 2. The maximum atomic E-state index is 6.27. The summed E-state index contributed by atoms with van der Waals surface area (Å²) >= 11 is 12.4. The molecule has 0 bridgehead atoms. The van der Waals surface area contributed by atoms with Crippen molar-refractivity contribution in [3.63, 3.8) is 0 Å². The highest BCUT2D eigenvalue weighted by atomic mass is 35.5. The molecule has 0 saturated carbocycles. The zero-order chi connectivity index (χ0) is 18.4. The van der Waals surface area contributed by atoms with Gasteiger partial charge in [-0.2, -0.15) is 0 Å². The molecule has 0 radical (unpaired) electrons. The van der Waals surface area contributed by atoms with E-state index in [-0.39, 0.29) is 12.1 Å². The smallest absolute Gasteiger partial charge is 0.204 e. The Kier molecular flexibility index (Phi) is 4.07. The average Bonchev–Trinajstić information content (AvgIpc) is 3.08. The largest absolute Gasteiger partial charge is 0.349 e. The highest BCUT2D eigenvalue weighted by Crippen LogP contribution is 2.41. The number of fused-ring (bicyclic) bond motifs is 3. The number of rotatable bonds is 2. The molecule has 1 N–H and O–H groups in total. The maximum Gasteiger partial charge on any atom is 0.204 e. The average molecular weight is 394 g/mol. The first-order valence-corrected chi connectivity index (χ1v) is 9.70. The highest BCUT2D eigenvalue weighted by Gasteiger charge is 2.31. The van der Waals surface area contributed by atoms with Crippen molar-refractivity contribution in [1.82, 2.24) is 9.55 Å². The van der Waals surface area contributed by atoms with Crippen LogP contribution in [0.3, 0.4) is 0 Å². The first kappa shape index (κ1) is 16.7. The molecule has 2 unspecified atom stereocenters. The van der Waals surface area contributed by atoms with Gasteiger partial charge >= 0.3 is 0 Å². The lowest BCUT2D eigenvalue weighted by Gasteiger charge is -2.33. The number of nitrogens with zero attached hydrogens (tertiary/aromatic N) is 2. The summed E-state index contributed by atoms with van der Waals surface area (Å²) in [7, 11) is 0. The fourth-order valence-electron chi connectivity index (χ4n) is 3.91. The van der Waals surface area contributed by atoms with Crippen LogP contribution in [0.2, 0.25) is 10.0 Å². The van der Waals surface area contributed by atoms with Gasteiger partial charge in [-0.1, -0.05) is 71.7 Å². The Morgan fingerprint density at radius 2 is 1.63 bits per heavy atom. The maximum absolute atomic E-state index is 6.27. The van der Waals surface area contributed by atoms with Crippen LogP contribution in [0.15, 0.2) is 72.8 Å². The Morgan fingerprint density at radius 1 is 0.852 bits per heavy atom. The fourth-order valence-corrected chi connectivity index (χ4v) is 4.22. The van der Waals surface area contributed by atoms with Crippen molar-refractivity contribution in [3.8, 4) is 0 Å². The predicted octanol–water partition coefficient (Wildman–Crippen LogP) is 6.49. The summed E-state index contributed by atoms with van der Waals surface area (Å²) in [6, 6.07) is 25.0. The van der Waals surface area contributed by atoms with E-state index in [2.05, 4.69) is 52.3 Å². The van der Waals surface area contributed by atoms with Gasteiger partial charge in [0.2, 0.25) is 5.95 Å². The molecule has 5 heteroatoms. The van der Waals surface area contributed by atoms with Gasteiger partial charge in [0.05, 0.1) is 33.2 Å². The first-order chi connectivity index (χ1) is 13.2. The standard InChI is InChI=1S/C22H17Cl2N3/c23-16-11-10-15(12-17(16)24)19-13-21(14-6-2-1-3-7-14)27-20-9-5-4-8-18(20)25-22(27)26-19/h1-12,19,21H,13H2,(H,25,26). The van der Waals surface area contributed by atoms with Crippen LogP contribution in [0.4, 0.5) is 5.95 Å². The summed E-state index contributed by atoms with van der Waals surface area (Å²) in [6.45, 7) is 0. The predicted molar refractivity (Wildman–Crippen MR) is 112 cm³/mol. The highest BCUT2D eigenvalue weighted by molar-refractivity contribution is 6.42. The quantitative estimate of drug-likeness (QED) is 0.421. The van der Waals surface area contributed by atoms with Gasteiger partial charge in [0, 0.05) is 0 Å². The molecule has 0 aliphatic carbocycles. The molecule has 0 amide bonds. The van der Waals surface area contributed by atoms with Crippen LogP contribution >= 0.6 is 23.2 Å². The van der Waals surface area contributed by atoms with Crippen molar-refractivity contribution >= 4 is 40.2 Å². The molecular formula is C22H17Cl2N3. The zero-order valence-corrected chi connectivity index (χ0v) is 16.0. The Hall–Kier alpha value is -2.49. The minimum absolute atomic E-state index is 0.106. The first-order valence-electron chi connectivity index (χ1n) is 8.94. The summed E-state index contributed by atoms with van der Waals surface area (Å²) in [4.78, 5) is 4.84. The van der Waals surface area contributed by atoms with Gasteiger partial charge in [0.15, 0.2) is 0 Å². The summed E-state index contributed by atoms with van der Waals surface area (Å²) in [5, 5.41) is 4.75. The molecule has 5 rings (SSSR count). The van der Waals surface area contributed by atoms with E-state index in [1.54, 1.807) is 0 Å². The summed E-state index contributed by atoms with van der Waals surface area (Å²) in [5.74, 6) is 0.882. The van der Waals surface area contributed by atoms with Crippen molar-refractivity contribution in [2.24, 2.45) is 0 Å². The molecule has 27 heavy (non-hydrogen) atoms. The number of benzene rings is 3. The molecular weight excluding hydrogens is 377 g/mol.